The Bertz CT molecular complexity index is 669. The van der Waals surface area contributed by atoms with Crippen molar-refractivity contribution < 1.29 is 0 Å². The summed E-state index contributed by atoms with van der Waals surface area (Å²) in [6, 6.07) is 21.9. The second-order valence-electron chi connectivity index (χ2n) is 8.38. The Morgan fingerprint density at radius 2 is 1.19 bits per heavy atom. The summed E-state index contributed by atoms with van der Waals surface area (Å²) in [5, 5.41) is 0. The first-order chi connectivity index (χ1) is 12.8. The van der Waals surface area contributed by atoms with Crippen LogP contribution in [0, 0.1) is 5.41 Å². The van der Waals surface area contributed by atoms with Crippen molar-refractivity contribution >= 4 is 0 Å². The van der Waals surface area contributed by atoms with E-state index in [0.717, 1.165) is 0 Å². The van der Waals surface area contributed by atoms with E-state index >= 15 is 0 Å². The fourth-order valence-electron chi connectivity index (χ4n) is 4.85. The molecule has 0 saturated carbocycles. The quantitative estimate of drug-likeness (QED) is 0.738. The summed E-state index contributed by atoms with van der Waals surface area (Å²) in [6.45, 7) is 7.73. The van der Waals surface area contributed by atoms with E-state index in [9.17, 15) is 0 Å². The summed E-state index contributed by atoms with van der Waals surface area (Å²) in [4.78, 5) is 5.43. The van der Waals surface area contributed by atoms with Crippen molar-refractivity contribution in [2.24, 2.45) is 5.41 Å². The van der Waals surface area contributed by atoms with Crippen molar-refractivity contribution in [2.75, 3.05) is 39.3 Å². The van der Waals surface area contributed by atoms with Crippen LogP contribution < -0.4 is 0 Å². The molecule has 2 fully saturated rings. The lowest BCUT2D eigenvalue weighted by atomic mass is 9.86. The Morgan fingerprint density at radius 1 is 0.654 bits per heavy atom. The van der Waals surface area contributed by atoms with Gasteiger partial charge in [-0.1, -0.05) is 60.7 Å². The van der Waals surface area contributed by atoms with Crippen molar-refractivity contribution in [3.63, 3.8) is 0 Å². The monoisotopic (exact) mass is 348 g/mol. The van der Waals surface area contributed by atoms with Gasteiger partial charge in [0.2, 0.25) is 0 Å². The highest BCUT2D eigenvalue weighted by atomic mass is 15.2. The number of likely N-dealkylation sites (tertiary alicyclic amines) is 2. The Balaban J connectivity index is 1.19. The second kappa shape index (κ2) is 8.37. The van der Waals surface area contributed by atoms with Crippen molar-refractivity contribution in [3.05, 3.63) is 71.8 Å². The fraction of sp³-hybridized carbons (Fsp3) is 0.500. The first kappa shape index (κ1) is 17.8. The second-order valence-corrected chi connectivity index (χ2v) is 8.38. The van der Waals surface area contributed by atoms with Crippen LogP contribution in [0.25, 0.3) is 0 Å². The van der Waals surface area contributed by atoms with Crippen LogP contribution in [0.5, 0.6) is 0 Å². The molecule has 0 amide bonds. The van der Waals surface area contributed by atoms with E-state index < -0.39 is 0 Å². The first-order valence-electron chi connectivity index (χ1n) is 10.3. The molecule has 1 atom stereocenters. The molecule has 1 spiro atoms. The van der Waals surface area contributed by atoms with Gasteiger partial charge in [0, 0.05) is 19.6 Å². The number of hydrogen-bond acceptors (Lipinski definition) is 2. The maximum atomic E-state index is 2.73. The van der Waals surface area contributed by atoms with Crippen LogP contribution in [0.4, 0.5) is 0 Å². The molecule has 1 unspecified atom stereocenters. The van der Waals surface area contributed by atoms with Crippen molar-refractivity contribution in [1.82, 2.24) is 9.80 Å². The van der Waals surface area contributed by atoms with Gasteiger partial charge in [0.25, 0.3) is 0 Å². The maximum absolute atomic E-state index is 2.73. The Morgan fingerprint density at radius 3 is 1.81 bits per heavy atom. The summed E-state index contributed by atoms with van der Waals surface area (Å²) in [7, 11) is 0. The SMILES string of the molecule is c1ccc(CCCN2CCC3(CCN(CCc4ccccc4)C3)C2)cc1. The van der Waals surface area contributed by atoms with Gasteiger partial charge in [-0.2, -0.15) is 0 Å². The van der Waals surface area contributed by atoms with Crippen LogP contribution in [0.2, 0.25) is 0 Å². The third kappa shape index (κ3) is 4.55. The summed E-state index contributed by atoms with van der Waals surface area (Å²) in [6.07, 6.45) is 6.50. The lowest BCUT2D eigenvalue weighted by Gasteiger charge is -2.25. The van der Waals surface area contributed by atoms with Crippen LogP contribution in [0.15, 0.2) is 60.7 Å². The molecule has 0 bridgehead atoms. The van der Waals surface area contributed by atoms with E-state index in [-0.39, 0.29) is 0 Å². The normalized spacial score (nSPS) is 23.8. The van der Waals surface area contributed by atoms with Crippen molar-refractivity contribution in [3.8, 4) is 0 Å². The summed E-state index contributed by atoms with van der Waals surface area (Å²) in [5.74, 6) is 0. The zero-order valence-electron chi connectivity index (χ0n) is 15.9. The van der Waals surface area contributed by atoms with E-state index in [4.69, 9.17) is 0 Å². The Kier molecular flexibility index (Phi) is 5.72. The number of rotatable bonds is 7. The van der Waals surface area contributed by atoms with Gasteiger partial charge >= 0.3 is 0 Å². The highest BCUT2D eigenvalue weighted by Crippen LogP contribution is 2.39. The van der Waals surface area contributed by atoms with Crippen LogP contribution >= 0.6 is 0 Å². The Hall–Kier alpha value is -1.64. The van der Waals surface area contributed by atoms with Crippen LogP contribution in [-0.2, 0) is 12.8 Å². The average molecular weight is 349 g/mol. The summed E-state index contributed by atoms with van der Waals surface area (Å²) in [5.41, 5.74) is 3.54. The molecule has 2 aromatic carbocycles. The zero-order valence-corrected chi connectivity index (χ0v) is 15.9. The average Bonchev–Trinajstić information content (AvgIpc) is 3.28. The lowest BCUT2D eigenvalue weighted by molar-refractivity contribution is 0.240. The van der Waals surface area contributed by atoms with E-state index in [1.54, 1.807) is 0 Å². The minimum Gasteiger partial charge on any atom is -0.303 e. The standard InChI is InChI=1S/C24H32N2/c1-3-8-22(9-4-1)12-7-16-25-18-14-24(20-25)15-19-26(21-24)17-13-23-10-5-2-6-11-23/h1-6,8-11H,7,12-21H2. The number of nitrogens with zero attached hydrogens (tertiary/aromatic N) is 2. The lowest BCUT2D eigenvalue weighted by Crippen LogP contribution is -2.32. The minimum atomic E-state index is 0.587. The molecule has 138 valence electrons. The largest absolute Gasteiger partial charge is 0.303 e. The molecule has 0 aromatic heterocycles. The molecule has 2 aliphatic rings. The van der Waals surface area contributed by atoms with Crippen LogP contribution in [0.1, 0.15) is 30.4 Å². The zero-order chi connectivity index (χ0) is 17.7. The van der Waals surface area contributed by atoms with Crippen LogP contribution in [-0.4, -0.2) is 49.1 Å². The highest BCUT2D eigenvalue weighted by Gasteiger charge is 2.42. The first-order valence-corrected chi connectivity index (χ1v) is 10.3. The topological polar surface area (TPSA) is 6.48 Å². The minimum absolute atomic E-state index is 0.587. The van der Waals surface area contributed by atoms with Gasteiger partial charge in [0.15, 0.2) is 0 Å². The van der Waals surface area contributed by atoms with Crippen molar-refractivity contribution in [1.29, 1.82) is 0 Å². The van der Waals surface area contributed by atoms with E-state index in [0.29, 0.717) is 5.41 Å². The molecule has 2 saturated heterocycles. The maximum Gasteiger partial charge on any atom is 0.00513 e. The summed E-state index contributed by atoms with van der Waals surface area (Å²) >= 11 is 0. The van der Waals surface area contributed by atoms with E-state index in [1.807, 2.05) is 0 Å². The predicted octanol–water partition coefficient (Wildman–Crippen LogP) is 4.26. The molecular formula is C24H32N2. The molecule has 0 radical (unpaired) electrons. The number of hydrogen-bond donors (Lipinski definition) is 0. The van der Waals surface area contributed by atoms with Gasteiger partial charge in [0.05, 0.1) is 0 Å². The molecule has 4 rings (SSSR count). The smallest absolute Gasteiger partial charge is 0.00513 e. The number of benzene rings is 2. The molecule has 2 heterocycles. The van der Waals surface area contributed by atoms with E-state index in [1.165, 1.54) is 82.5 Å². The molecule has 2 aromatic rings. The third-order valence-corrected chi connectivity index (χ3v) is 6.38. The Labute approximate surface area is 158 Å². The van der Waals surface area contributed by atoms with Gasteiger partial charge in [-0.15, -0.1) is 0 Å². The van der Waals surface area contributed by atoms with Gasteiger partial charge in [-0.25, -0.2) is 0 Å². The van der Waals surface area contributed by atoms with Crippen molar-refractivity contribution in [2.45, 2.75) is 32.1 Å². The number of aryl methyl sites for hydroxylation is 1. The molecule has 0 aliphatic carbocycles. The molecule has 2 heteroatoms. The highest BCUT2D eigenvalue weighted by molar-refractivity contribution is 5.15. The molecule has 2 aliphatic heterocycles. The summed E-state index contributed by atoms with van der Waals surface area (Å²) < 4.78 is 0. The van der Waals surface area contributed by atoms with Gasteiger partial charge in [0.1, 0.15) is 0 Å². The van der Waals surface area contributed by atoms with Gasteiger partial charge in [-0.05, 0) is 68.3 Å². The molecule has 26 heavy (non-hydrogen) atoms. The van der Waals surface area contributed by atoms with E-state index in [2.05, 4.69) is 70.5 Å². The third-order valence-electron chi connectivity index (χ3n) is 6.38. The van der Waals surface area contributed by atoms with Gasteiger partial charge < -0.3 is 9.80 Å². The van der Waals surface area contributed by atoms with Gasteiger partial charge in [-0.3, -0.25) is 0 Å². The molecule has 2 nitrogen and oxygen atoms in total. The molecular weight excluding hydrogens is 316 g/mol. The molecule has 0 N–H and O–H groups in total. The predicted molar refractivity (Wildman–Crippen MR) is 109 cm³/mol. The fourth-order valence-corrected chi connectivity index (χ4v) is 4.85. The van der Waals surface area contributed by atoms with Crippen LogP contribution in [0.3, 0.4) is 0 Å².